The number of ketones is 1. The lowest BCUT2D eigenvalue weighted by atomic mass is 10.0. The van der Waals surface area contributed by atoms with Crippen LogP contribution in [0, 0.1) is 0 Å². The van der Waals surface area contributed by atoms with Crippen LogP contribution in [-0.4, -0.2) is 32.3 Å². The molecule has 0 atom stereocenters. The molecule has 148 valence electrons. The molecule has 0 spiro atoms. The Morgan fingerprint density at radius 2 is 1.81 bits per heavy atom. The lowest BCUT2D eigenvalue weighted by molar-refractivity contribution is -0.138. The number of carbonyl (C=O) groups excluding carboxylic acids is 1. The van der Waals surface area contributed by atoms with Gasteiger partial charge in [0.25, 0.3) is 0 Å². The first-order chi connectivity index (χ1) is 12.0. The second-order valence-corrected chi connectivity index (χ2v) is 9.15. The van der Waals surface area contributed by atoms with Crippen LogP contribution in [0.15, 0.2) is 18.2 Å². The van der Waals surface area contributed by atoms with Gasteiger partial charge in [0, 0.05) is 12.8 Å². The smallest absolute Gasteiger partial charge is 0.419 e. The van der Waals surface area contributed by atoms with Crippen molar-refractivity contribution in [1.82, 2.24) is 0 Å². The molecule has 8 heteroatoms. The Kier molecular flexibility index (Phi) is 8.12. The minimum absolute atomic E-state index is 0.0266. The highest BCUT2D eigenvalue weighted by Crippen LogP contribution is 2.36. The van der Waals surface area contributed by atoms with Gasteiger partial charge in [0.05, 0.1) is 23.7 Å². The number of sulfone groups is 1. The molecule has 26 heavy (non-hydrogen) atoms. The molecule has 0 aromatic heterocycles. The first-order valence-electron chi connectivity index (χ1n) is 8.44. The number of Topliss-reactive ketones (excluding diaryl/α,β-unsaturated/α-hetero) is 1. The average molecular weight is 394 g/mol. The lowest BCUT2D eigenvalue weighted by Gasteiger charge is -2.13. The van der Waals surface area contributed by atoms with Crippen LogP contribution in [0.25, 0.3) is 0 Å². The minimum atomic E-state index is -4.51. The van der Waals surface area contributed by atoms with Gasteiger partial charge < -0.3 is 4.74 Å². The molecule has 1 aromatic carbocycles. The van der Waals surface area contributed by atoms with Crippen molar-refractivity contribution in [2.75, 3.05) is 12.9 Å². The van der Waals surface area contributed by atoms with E-state index in [1.807, 2.05) is 0 Å². The van der Waals surface area contributed by atoms with Gasteiger partial charge in [-0.25, -0.2) is 8.42 Å². The van der Waals surface area contributed by atoms with Gasteiger partial charge in [0.2, 0.25) is 0 Å². The van der Waals surface area contributed by atoms with E-state index in [4.69, 9.17) is 4.74 Å². The number of rotatable bonds is 10. The van der Waals surface area contributed by atoms with Gasteiger partial charge in [-0.1, -0.05) is 12.5 Å². The summed E-state index contributed by atoms with van der Waals surface area (Å²) in [6.45, 7) is 3.27. The maximum absolute atomic E-state index is 12.8. The summed E-state index contributed by atoms with van der Waals surface area (Å²) in [6.07, 6.45) is -2.53. The molecule has 0 fully saturated rings. The molecule has 0 saturated heterocycles. The summed E-state index contributed by atoms with van der Waals surface area (Å²) in [7, 11) is -1.91. The molecule has 1 aromatic rings. The molecule has 0 aliphatic heterocycles. The van der Waals surface area contributed by atoms with Crippen LogP contribution < -0.4 is 4.74 Å². The average Bonchev–Trinajstić information content (AvgIpc) is 2.53. The summed E-state index contributed by atoms with van der Waals surface area (Å²) in [4.78, 5) is 12.0. The van der Waals surface area contributed by atoms with E-state index in [1.165, 1.54) is 12.1 Å². The van der Waals surface area contributed by atoms with Gasteiger partial charge in [0.1, 0.15) is 11.5 Å². The van der Waals surface area contributed by atoms with Crippen molar-refractivity contribution in [2.45, 2.75) is 57.4 Å². The van der Waals surface area contributed by atoms with Crippen LogP contribution in [0.5, 0.6) is 5.75 Å². The third-order valence-electron chi connectivity index (χ3n) is 4.08. The predicted molar refractivity (Wildman–Crippen MR) is 94.1 cm³/mol. The maximum atomic E-state index is 12.8. The third-order valence-corrected chi connectivity index (χ3v) is 6.37. The lowest BCUT2D eigenvalue weighted by Crippen LogP contribution is -2.17. The van der Waals surface area contributed by atoms with Crippen molar-refractivity contribution in [3.8, 4) is 5.75 Å². The molecule has 0 saturated carbocycles. The van der Waals surface area contributed by atoms with Gasteiger partial charge in [-0.15, -0.1) is 0 Å². The second kappa shape index (κ2) is 9.39. The summed E-state index contributed by atoms with van der Waals surface area (Å²) >= 11 is 0. The Balaban J connectivity index is 2.49. The highest BCUT2D eigenvalue weighted by Gasteiger charge is 2.34. The highest BCUT2D eigenvalue weighted by molar-refractivity contribution is 7.91. The number of halogens is 3. The van der Waals surface area contributed by atoms with Crippen LogP contribution in [-0.2, 0) is 27.2 Å². The zero-order valence-electron chi connectivity index (χ0n) is 15.2. The first kappa shape index (κ1) is 22.5. The highest BCUT2D eigenvalue weighted by atomic mass is 32.2. The maximum Gasteiger partial charge on any atom is 0.419 e. The standard InChI is InChI=1S/C18H25F3O4S/c1-13(2)26(23,24)10-6-4-5-7-15(22)11-14-8-9-16(18(19,20)21)17(12-14)25-3/h8-9,12-13H,4-7,10-11H2,1-3H3. The summed E-state index contributed by atoms with van der Waals surface area (Å²) in [5.74, 6) is -0.296. The van der Waals surface area contributed by atoms with Crippen LogP contribution in [0.2, 0.25) is 0 Å². The number of ether oxygens (including phenoxy) is 1. The molecule has 0 N–H and O–H groups in total. The number of carbonyl (C=O) groups is 1. The van der Waals surface area contributed by atoms with Gasteiger partial charge in [-0.05, 0) is 44.4 Å². The number of methoxy groups -OCH3 is 1. The Hall–Kier alpha value is -1.57. The zero-order valence-corrected chi connectivity index (χ0v) is 16.0. The summed E-state index contributed by atoms with van der Waals surface area (Å²) in [6, 6.07) is 3.42. The van der Waals surface area contributed by atoms with E-state index in [2.05, 4.69) is 0 Å². The van der Waals surface area contributed by atoms with E-state index in [1.54, 1.807) is 13.8 Å². The molecule has 0 aliphatic rings. The number of hydrogen-bond acceptors (Lipinski definition) is 4. The summed E-state index contributed by atoms with van der Waals surface area (Å²) in [5.41, 5.74) is -0.412. The van der Waals surface area contributed by atoms with E-state index in [-0.39, 0.29) is 30.1 Å². The van der Waals surface area contributed by atoms with Crippen LogP contribution in [0.1, 0.15) is 50.7 Å². The number of benzene rings is 1. The van der Waals surface area contributed by atoms with Crippen molar-refractivity contribution in [3.05, 3.63) is 29.3 Å². The Morgan fingerprint density at radius 3 is 2.35 bits per heavy atom. The summed E-state index contributed by atoms with van der Waals surface area (Å²) < 4.78 is 66.5. The van der Waals surface area contributed by atoms with E-state index in [0.29, 0.717) is 24.8 Å². The third kappa shape index (κ3) is 6.97. The largest absolute Gasteiger partial charge is 0.496 e. The Labute approximate surface area is 152 Å². The van der Waals surface area contributed by atoms with E-state index in [0.717, 1.165) is 13.2 Å². The SMILES string of the molecule is COc1cc(CC(=O)CCCCCS(=O)(=O)C(C)C)ccc1C(F)(F)F. The number of alkyl halides is 3. The predicted octanol–water partition coefficient (Wildman–Crippen LogP) is 4.21. The van der Waals surface area contributed by atoms with E-state index in [9.17, 15) is 26.4 Å². The molecule has 0 aliphatic carbocycles. The van der Waals surface area contributed by atoms with Gasteiger partial charge in [-0.3, -0.25) is 4.79 Å². The molecule has 0 radical (unpaired) electrons. The molecule has 0 amide bonds. The molecule has 1 rings (SSSR count). The van der Waals surface area contributed by atoms with Crippen LogP contribution in [0.3, 0.4) is 0 Å². The van der Waals surface area contributed by atoms with Gasteiger partial charge in [0.15, 0.2) is 9.84 Å². The first-order valence-corrected chi connectivity index (χ1v) is 10.2. The van der Waals surface area contributed by atoms with E-state index < -0.39 is 26.8 Å². The fraction of sp³-hybridized carbons (Fsp3) is 0.611. The normalized spacial score (nSPS) is 12.4. The van der Waals surface area contributed by atoms with Gasteiger partial charge in [-0.2, -0.15) is 13.2 Å². The van der Waals surface area contributed by atoms with Crippen LogP contribution >= 0.6 is 0 Å². The van der Waals surface area contributed by atoms with Crippen LogP contribution in [0.4, 0.5) is 13.2 Å². The van der Waals surface area contributed by atoms with E-state index >= 15 is 0 Å². The fourth-order valence-electron chi connectivity index (χ4n) is 2.43. The van der Waals surface area contributed by atoms with Crippen molar-refractivity contribution in [2.24, 2.45) is 0 Å². The fourth-order valence-corrected chi connectivity index (χ4v) is 3.51. The number of hydrogen-bond donors (Lipinski definition) is 0. The topological polar surface area (TPSA) is 60.4 Å². The van der Waals surface area contributed by atoms with Crippen molar-refractivity contribution in [1.29, 1.82) is 0 Å². The number of unbranched alkanes of at least 4 members (excludes halogenated alkanes) is 2. The second-order valence-electron chi connectivity index (χ2n) is 6.47. The minimum Gasteiger partial charge on any atom is -0.496 e. The molecule has 0 bridgehead atoms. The molecular weight excluding hydrogens is 369 g/mol. The molecule has 4 nitrogen and oxygen atoms in total. The van der Waals surface area contributed by atoms with Gasteiger partial charge >= 0.3 is 6.18 Å². The molecule has 0 heterocycles. The van der Waals surface area contributed by atoms with Crippen molar-refractivity contribution < 1.29 is 31.1 Å². The molecule has 0 unspecified atom stereocenters. The Bertz CT molecular complexity index is 710. The Morgan fingerprint density at radius 1 is 1.15 bits per heavy atom. The molecular formula is C18H25F3O4S. The zero-order chi connectivity index (χ0) is 20.0. The monoisotopic (exact) mass is 394 g/mol. The quantitative estimate of drug-likeness (QED) is 0.558. The van der Waals surface area contributed by atoms with Crippen molar-refractivity contribution in [3.63, 3.8) is 0 Å². The summed E-state index contributed by atoms with van der Waals surface area (Å²) in [5, 5.41) is -0.404. The van der Waals surface area contributed by atoms with Crippen molar-refractivity contribution >= 4 is 15.6 Å².